The molecule has 2 rings (SSSR count). The second-order valence-electron chi connectivity index (χ2n) is 6.97. The minimum Gasteiger partial charge on any atom is -0.444 e. The second kappa shape index (κ2) is 7.50. The number of non-ortho nitro benzene ring substituents is 1. The fourth-order valence-corrected chi connectivity index (χ4v) is 2.62. The molecule has 2 amide bonds. The van der Waals surface area contributed by atoms with E-state index in [9.17, 15) is 19.7 Å². The number of hydrogen-bond acceptors (Lipinski definition) is 5. The maximum atomic E-state index is 12.4. The zero-order valence-corrected chi connectivity index (χ0v) is 14.7. The van der Waals surface area contributed by atoms with Gasteiger partial charge in [-0.1, -0.05) is 12.1 Å². The second-order valence-corrected chi connectivity index (χ2v) is 6.97. The number of amides is 2. The lowest BCUT2D eigenvalue weighted by Crippen LogP contribution is -2.47. The highest BCUT2D eigenvalue weighted by molar-refractivity contribution is 5.86. The van der Waals surface area contributed by atoms with Crippen LogP contribution in [0.1, 0.15) is 39.2 Å². The van der Waals surface area contributed by atoms with Crippen LogP contribution in [-0.4, -0.2) is 40.0 Å². The zero-order chi connectivity index (χ0) is 18.6. The number of benzene rings is 1. The Morgan fingerprint density at radius 2 is 1.96 bits per heavy atom. The molecule has 1 fully saturated rings. The van der Waals surface area contributed by atoms with Crippen LogP contribution in [0.5, 0.6) is 0 Å². The van der Waals surface area contributed by atoms with Crippen molar-refractivity contribution in [3.8, 4) is 0 Å². The van der Waals surface area contributed by atoms with Gasteiger partial charge in [0.25, 0.3) is 5.69 Å². The normalized spacial score (nSPS) is 17.2. The van der Waals surface area contributed by atoms with Gasteiger partial charge < -0.3 is 10.1 Å². The Labute approximate surface area is 146 Å². The van der Waals surface area contributed by atoms with Gasteiger partial charge in [0.1, 0.15) is 11.6 Å². The molecule has 8 nitrogen and oxygen atoms in total. The van der Waals surface area contributed by atoms with Crippen LogP contribution in [0.15, 0.2) is 24.3 Å². The van der Waals surface area contributed by atoms with E-state index >= 15 is 0 Å². The minimum atomic E-state index is -0.612. The molecular formula is C17H23N3O5. The van der Waals surface area contributed by atoms with E-state index in [1.807, 2.05) is 0 Å². The molecule has 25 heavy (non-hydrogen) atoms. The molecule has 0 radical (unpaired) electrons. The van der Waals surface area contributed by atoms with Crippen molar-refractivity contribution in [2.75, 3.05) is 6.54 Å². The monoisotopic (exact) mass is 349 g/mol. The predicted molar refractivity (Wildman–Crippen MR) is 90.9 cm³/mol. The van der Waals surface area contributed by atoms with E-state index in [1.165, 1.54) is 17.0 Å². The van der Waals surface area contributed by atoms with Gasteiger partial charge in [-0.05, 0) is 39.2 Å². The average Bonchev–Trinajstić information content (AvgIpc) is 3.01. The van der Waals surface area contributed by atoms with Crippen LogP contribution in [0.25, 0.3) is 0 Å². The van der Waals surface area contributed by atoms with Gasteiger partial charge in [-0.25, -0.2) is 4.79 Å². The Morgan fingerprint density at radius 3 is 2.52 bits per heavy atom. The lowest BCUT2D eigenvalue weighted by molar-refractivity contribution is -0.384. The summed E-state index contributed by atoms with van der Waals surface area (Å²) in [4.78, 5) is 36.2. The van der Waals surface area contributed by atoms with Crippen molar-refractivity contribution in [2.45, 2.75) is 51.8 Å². The number of nitrogens with one attached hydrogen (secondary N) is 1. The summed E-state index contributed by atoms with van der Waals surface area (Å²) >= 11 is 0. The van der Waals surface area contributed by atoms with Crippen molar-refractivity contribution in [1.29, 1.82) is 0 Å². The lowest BCUT2D eigenvalue weighted by Gasteiger charge is -2.28. The minimum absolute atomic E-state index is 0.00182. The van der Waals surface area contributed by atoms with Crippen LogP contribution in [0.3, 0.4) is 0 Å². The van der Waals surface area contributed by atoms with Gasteiger partial charge in [0.05, 0.1) is 4.92 Å². The predicted octanol–water partition coefficient (Wildman–Crippen LogP) is 2.61. The lowest BCUT2D eigenvalue weighted by atomic mass is 10.1. The topological polar surface area (TPSA) is 102 Å². The number of nitro groups is 1. The van der Waals surface area contributed by atoms with Gasteiger partial charge in [-0.3, -0.25) is 19.8 Å². The number of nitro benzene ring substituents is 1. The van der Waals surface area contributed by atoms with E-state index in [-0.39, 0.29) is 18.1 Å². The SMILES string of the molecule is CC(C)(C)OC(=O)N1CCCC1C(=O)NCc1ccc([N+](=O)[O-])cc1. The van der Waals surface area contributed by atoms with Gasteiger partial charge in [0.15, 0.2) is 0 Å². The molecule has 0 aliphatic carbocycles. The molecule has 1 aromatic rings. The summed E-state index contributed by atoms with van der Waals surface area (Å²) < 4.78 is 5.34. The largest absolute Gasteiger partial charge is 0.444 e. The number of rotatable bonds is 4. The standard InChI is InChI=1S/C17H23N3O5/c1-17(2,3)25-16(22)19-10-4-5-14(19)15(21)18-11-12-6-8-13(9-7-12)20(23)24/h6-9,14H,4-5,10-11H2,1-3H3,(H,18,21). The Hall–Kier alpha value is -2.64. The summed E-state index contributed by atoms with van der Waals surface area (Å²) in [5, 5.41) is 13.4. The molecule has 0 saturated carbocycles. The highest BCUT2D eigenvalue weighted by Crippen LogP contribution is 2.21. The van der Waals surface area contributed by atoms with Crippen LogP contribution in [0.2, 0.25) is 0 Å². The molecule has 1 aliphatic heterocycles. The number of hydrogen-bond donors (Lipinski definition) is 1. The first-order chi connectivity index (χ1) is 11.7. The maximum absolute atomic E-state index is 12.4. The molecule has 1 unspecified atom stereocenters. The first-order valence-corrected chi connectivity index (χ1v) is 8.18. The number of carbonyl (C=O) groups is 2. The first-order valence-electron chi connectivity index (χ1n) is 8.18. The Bertz CT molecular complexity index is 651. The number of nitrogens with zero attached hydrogens (tertiary/aromatic N) is 2. The Morgan fingerprint density at radius 1 is 1.32 bits per heavy atom. The molecule has 8 heteroatoms. The molecule has 0 bridgehead atoms. The van der Waals surface area contributed by atoms with Crippen molar-refractivity contribution < 1.29 is 19.2 Å². The van der Waals surface area contributed by atoms with Crippen molar-refractivity contribution in [1.82, 2.24) is 10.2 Å². The van der Waals surface area contributed by atoms with E-state index in [4.69, 9.17) is 4.74 Å². The Kier molecular flexibility index (Phi) is 5.61. The fraction of sp³-hybridized carbons (Fsp3) is 0.529. The van der Waals surface area contributed by atoms with Crippen LogP contribution in [0, 0.1) is 10.1 Å². The molecule has 1 atom stereocenters. The van der Waals surface area contributed by atoms with E-state index < -0.39 is 22.7 Å². The average molecular weight is 349 g/mol. The third-order valence-corrected chi connectivity index (χ3v) is 3.80. The van der Waals surface area contributed by atoms with Crippen LogP contribution in [0.4, 0.5) is 10.5 Å². The summed E-state index contributed by atoms with van der Waals surface area (Å²) in [7, 11) is 0. The number of carbonyl (C=O) groups excluding carboxylic acids is 2. The Balaban J connectivity index is 1.93. The van der Waals surface area contributed by atoms with Crippen molar-refractivity contribution >= 4 is 17.7 Å². The molecule has 1 saturated heterocycles. The highest BCUT2D eigenvalue weighted by Gasteiger charge is 2.36. The summed E-state index contributed by atoms with van der Waals surface area (Å²) in [5.41, 5.74) is 0.141. The molecule has 0 spiro atoms. The van der Waals surface area contributed by atoms with E-state index in [1.54, 1.807) is 32.9 Å². The van der Waals surface area contributed by atoms with E-state index in [0.717, 1.165) is 12.0 Å². The molecule has 1 heterocycles. The van der Waals surface area contributed by atoms with Gasteiger partial charge >= 0.3 is 6.09 Å². The van der Waals surface area contributed by atoms with E-state index in [0.29, 0.717) is 13.0 Å². The smallest absolute Gasteiger partial charge is 0.410 e. The quantitative estimate of drug-likeness (QED) is 0.665. The third-order valence-electron chi connectivity index (χ3n) is 3.80. The van der Waals surface area contributed by atoms with Gasteiger partial charge in [-0.2, -0.15) is 0 Å². The van der Waals surface area contributed by atoms with E-state index in [2.05, 4.69) is 5.32 Å². The summed E-state index contributed by atoms with van der Waals surface area (Å²) in [5.74, 6) is -0.248. The maximum Gasteiger partial charge on any atom is 0.410 e. The zero-order valence-electron chi connectivity index (χ0n) is 14.7. The van der Waals surface area contributed by atoms with Gasteiger partial charge in [0, 0.05) is 25.2 Å². The molecule has 1 aliphatic rings. The van der Waals surface area contributed by atoms with Crippen LogP contribution in [-0.2, 0) is 16.1 Å². The van der Waals surface area contributed by atoms with Gasteiger partial charge in [-0.15, -0.1) is 0 Å². The molecular weight excluding hydrogens is 326 g/mol. The molecule has 136 valence electrons. The molecule has 1 N–H and O–H groups in total. The summed E-state index contributed by atoms with van der Waals surface area (Å²) in [6.07, 6.45) is 0.848. The summed E-state index contributed by atoms with van der Waals surface area (Å²) in [6.45, 7) is 6.08. The van der Waals surface area contributed by atoms with Crippen molar-refractivity contribution in [2.24, 2.45) is 0 Å². The molecule has 0 aromatic heterocycles. The summed E-state index contributed by atoms with van der Waals surface area (Å²) in [6, 6.07) is 5.43. The van der Waals surface area contributed by atoms with Crippen molar-refractivity contribution in [3.63, 3.8) is 0 Å². The van der Waals surface area contributed by atoms with Crippen LogP contribution < -0.4 is 5.32 Å². The number of ether oxygens (including phenoxy) is 1. The van der Waals surface area contributed by atoms with Gasteiger partial charge in [0.2, 0.25) is 5.91 Å². The van der Waals surface area contributed by atoms with Crippen molar-refractivity contribution in [3.05, 3.63) is 39.9 Å². The highest BCUT2D eigenvalue weighted by atomic mass is 16.6. The first kappa shape index (κ1) is 18.7. The molecule has 1 aromatic carbocycles. The number of likely N-dealkylation sites (tertiary alicyclic amines) is 1. The third kappa shape index (κ3) is 5.17. The fourth-order valence-electron chi connectivity index (χ4n) is 2.62. The van der Waals surface area contributed by atoms with Crippen LogP contribution >= 0.6 is 0 Å².